The number of carbonyl (C=O) groups excluding carboxylic acids is 1. The van der Waals surface area contributed by atoms with Crippen molar-refractivity contribution in [3.63, 3.8) is 0 Å². The van der Waals surface area contributed by atoms with Gasteiger partial charge in [0.15, 0.2) is 5.78 Å². The Balaban J connectivity index is 0.000000121. The highest BCUT2D eigenvalue weighted by Gasteiger charge is 2.26. The quantitative estimate of drug-likeness (QED) is 0.134. The molecule has 0 bridgehead atoms. The van der Waals surface area contributed by atoms with E-state index in [2.05, 4.69) is 9.97 Å². The van der Waals surface area contributed by atoms with Gasteiger partial charge in [-0.2, -0.15) is 0 Å². The van der Waals surface area contributed by atoms with Gasteiger partial charge >= 0.3 is 0 Å². The molecule has 0 amide bonds. The van der Waals surface area contributed by atoms with Crippen molar-refractivity contribution in [3.05, 3.63) is 152 Å². The summed E-state index contributed by atoms with van der Waals surface area (Å²) in [5.74, 6) is 1.67. The number of benzene rings is 6. The summed E-state index contributed by atoms with van der Waals surface area (Å²) in [4.78, 5) is 41.7. The largest absolute Gasteiger partial charge is 0.508 e. The topological polar surface area (TPSA) is 142 Å². The molecular weight excluding hydrogens is 656 g/mol. The van der Waals surface area contributed by atoms with E-state index in [9.17, 15) is 24.6 Å². The van der Waals surface area contributed by atoms with Crippen LogP contribution in [0.4, 0.5) is 0 Å². The molecule has 9 nitrogen and oxygen atoms in total. The highest BCUT2D eigenvalue weighted by atomic mass is 16.5. The monoisotopic (exact) mass is 690 g/mol. The van der Waals surface area contributed by atoms with Crippen molar-refractivity contribution in [2.75, 3.05) is 14.2 Å². The van der Waals surface area contributed by atoms with Crippen LogP contribution < -0.4 is 20.6 Å². The van der Waals surface area contributed by atoms with Gasteiger partial charge in [0.25, 0.3) is 11.1 Å². The van der Waals surface area contributed by atoms with Crippen LogP contribution in [0.2, 0.25) is 0 Å². The first-order chi connectivity index (χ1) is 25.0. The number of hydrogen-bond acceptors (Lipinski definition) is 7. The molecule has 0 radical (unpaired) electrons. The number of nitrogens with one attached hydrogen (secondary N) is 2. The average Bonchev–Trinajstić information content (AvgIpc) is 3.41. The molecule has 1 aliphatic rings. The maximum atomic E-state index is 12.3. The van der Waals surface area contributed by atoms with Gasteiger partial charge in [0.2, 0.25) is 0 Å². The molecule has 2 aromatic heterocycles. The fourth-order valence-electron chi connectivity index (χ4n) is 6.57. The highest BCUT2D eigenvalue weighted by Crippen LogP contribution is 2.38. The van der Waals surface area contributed by atoms with Crippen molar-refractivity contribution in [3.8, 4) is 34.1 Å². The van der Waals surface area contributed by atoms with Gasteiger partial charge in [0.1, 0.15) is 23.0 Å². The smallest absolute Gasteiger partial charge is 0.256 e. The number of phenols is 2. The van der Waals surface area contributed by atoms with Crippen LogP contribution in [0.1, 0.15) is 27.0 Å². The van der Waals surface area contributed by atoms with E-state index < -0.39 is 0 Å². The van der Waals surface area contributed by atoms with Crippen molar-refractivity contribution in [2.45, 2.75) is 13.8 Å². The number of pyridine rings is 2. The van der Waals surface area contributed by atoms with Gasteiger partial charge in [-0.15, -0.1) is 0 Å². The number of aromatic amines is 2. The van der Waals surface area contributed by atoms with Gasteiger partial charge in [0, 0.05) is 33.5 Å². The number of aryl methyl sites for hydroxylation is 2. The zero-order valence-corrected chi connectivity index (χ0v) is 28.8. The number of aromatic hydroxyl groups is 2. The molecule has 6 aromatic carbocycles. The Labute approximate surface area is 297 Å². The van der Waals surface area contributed by atoms with Crippen LogP contribution in [0.3, 0.4) is 0 Å². The Hall–Kier alpha value is -6.87. The first-order valence-electron chi connectivity index (χ1n) is 16.5. The lowest BCUT2D eigenvalue weighted by molar-refractivity contribution is 0.104. The lowest BCUT2D eigenvalue weighted by atomic mass is 10.0. The molecule has 2 heterocycles. The summed E-state index contributed by atoms with van der Waals surface area (Å²) in [5, 5.41) is 23.4. The summed E-state index contributed by atoms with van der Waals surface area (Å²) < 4.78 is 10.3. The zero-order chi connectivity index (χ0) is 36.7. The van der Waals surface area contributed by atoms with Gasteiger partial charge < -0.3 is 29.7 Å². The normalized spacial score (nSPS) is 11.4. The third kappa shape index (κ3) is 6.20. The minimum Gasteiger partial charge on any atom is -0.508 e. The molecular formula is C43H34N2O7. The van der Waals surface area contributed by atoms with Crippen molar-refractivity contribution >= 4 is 49.1 Å². The second-order valence-corrected chi connectivity index (χ2v) is 12.6. The number of ketones is 1. The Kier molecular flexibility index (Phi) is 8.69. The molecule has 52 heavy (non-hydrogen) atoms. The summed E-state index contributed by atoms with van der Waals surface area (Å²) >= 11 is 0. The van der Waals surface area contributed by atoms with Crippen LogP contribution in [0.15, 0.2) is 119 Å². The number of ether oxygens (including phenoxy) is 2. The maximum absolute atomic E-state index is 12.3. The molecule has 0 saturated heterocycles. The van der Waals surface area contributed by atoms with Crippen LogP contribution in [-0.4, -0.2) is 40.2 Å². The summed E-state index contributed by atoms with van der Waals surface area (Å²) in [6.07, 6.45) is 0. The lowest BCUT2D eigenvalue weighted by Crippen LogP contribution is -2.06. The van der Waals surface area contributed by atoms with E-state index in [1.165, 1.54) is 18.2 Å². The first kappa shape index (κ1) is 33.6. The fourth-order valence-corrected chi connectivity index (χ4v) is 6.57. The second kappa shape index (κ2) is 13.4. The molecule has 9 rings (SSSR count). The van der Waals surface area contributed by atoms with Crippen molar-refractivity contribution in [2.24, 2.45) is 0 Å². The Morgan fingerprint density at radius 1 is 0.442 bits per heavy atom. The number of carbonyl (C=O) groups is 1. The van der Waals surface area contributed by atoms with Gasteiger partial charge in [-0.05, 0) is 120 Å². The highest BCUT2D eigenvalue weighted by molar-refractivity contribution is 6.22. The molecule has 0 fully saturated rings. The van der Waals surface area contributed by atoms with Gasteiger partial charge in [-0.1, -0.05) is 29.8 Å². The predicted molar refractivity (Wildman–Crippen MR) is 205 cm³/mol. The van der Waals surface area contributed by atoms with Crippen molar-refractivity contribution in [1.29, 1.82) is 0 Å². The maximum Gasteiger partial charge on any atom is 0.256 e. The van der Waals surface area contributed by atoms with E-state index >= 15 is 0 Å². The van der Waals surface area contributed by atoms with E-state index in [0.29, 0.717) is 22.0 Å². The molecule has 8 aromatic rings. The standard InChI is InChI=1S/C15H13NO2.C15H12O2.C13H9NO3/c1-9-3-5-12-11-6-4-10(18-2)8-13(11)15(17)16-14(12)7-9;1-9-3-5-11-12-6-4-10(17-2)8-14(12)15(16)13(11)7-9;15-7-1-3-9-10-4-2-8(16)6-12(10)14-13(17)11(9)5-7/h3-8H,1-2H3,(H,16,17);3-8H,1-2H3;1-6,15-16H,(H,14,17). The minimum atomic E-state index is -0.283. The van der Waals surface area contributed by atoms with Crippen molar-refractivity contribution < 1.29 is 24.5 Å². The molecule has 1 aliphatic carbocycles. The number of fused-ring (bicyclic) bond motifs is 9. The molecule has 0 aliphatic heterocycles. The predicted octanol–water partition coefficient (Wildman–Crippen LogP) is 8.31. The van der Waals surface area contributed by atoms with Crippen LogP contribution in [0.25, 0.3) is 54.5 Å². The molecule has 0 unspecified atom stereocenters. The van der Waals surface area contributed by atoms with Crippen molar-refractivity contribution in [1.82, 2.24) is 9.97 Å². The summed E-state index contributed by atoms with van der Waals surface area (Å²) in [6.45, 7) is 4.01. The van der Waals surface area contributed by atoms with E-state index in [4.69, 9.17) is 9.47 Å². The molecule has 0 atom stereocenters. The first-order valence-corrected chi connectivity index (χ1v) is 16.5. The number of methoxy groups -OCH3 is 2. The summed E-state index contributed by atoms with van der Waals surface area (Å²) in [7, 11) is 3.21. The van der Waals surface area contributed by atoms with Crippen LogP contribution in [0.5, 0.6) is 23.0 Å². The number of phenolic OH excluding ortho intramolecular Hbond substituents is 2. The number of H-pyrrole nitrogens is 2. The van der Waals surface area contributed by atoms with Crippen LogP contribution in [0, 0.1) is 13.8 Å². The third-order valence-electron chi connectivity index (χ3n) is 9.16. The number of hydrogen-bond donors (Lipinski definition) is 4. The molecule has 4 N–H and O–H groups in total. The molecule has 0 saturated carbocycles. The fraction of sp³-hybridized carbons (Fsp3) is 0.0930. The van der Waals surface area contributed by atoms with E-state index in [1.54, 1.807) is 38.5 Å². The number of rotatable bonds is 2. The molecule has 258 valence electrons. The van der Waals surface area contributed by atoms with E-state index in [0.717, 1.165) is 66.2 Å². The van der Waals surface area contributed by atoms with E-state index in [1.807, 2.05) is 80.6 Å². The van der Waals surface area contributed by atoms with Crippen LogP contribution in [-0.2, 0) is 0 Å². The summed E-state index contributed by atoms with van der Waals surface area (Å²) in [5.41, 5.74) is 6.90. The Morgan fingerprint density at radius 3 is 1.58 bits per heavy atom. The zero-order valence-electron chi connectivity index (χ0n) is 28.8. The molecule has 0 spiro atoms. The van der Waals surface area contributed by atoms with Gasteiger partial charge in [-0.3, -0.25) is 14.4 Å². The van der Waals surface area contributed by atoms with Gasteiger partial charge in [-0.25, -0.2) is 0 Å². The van der Waals surface area contributed by atoms with Gasteiger partial charge in [0.05, 0.1) is 30.5 Å². The lowest BCUT2D eigenvalue weighted by Gasteiger charge is -2.06. The third-order valence-corrected chi connectivity index (χ3v) is 9.16. The van der Waals surface area contributed by atoms with E-state index in [-0.39, 0.29) is 28.4 Å². The minimum absolute atomic E-state index is 0.0566. The molecule has 9 heteroatoms. The Morgan fingerprint density at radius 2 is 0.904 bits per heavy atom. The average molecular weight is 691 g/mol. The number of aromatic nitrogens is 2. The Bertz CT molecular complexity index is 2830. The van der Waals surface area contributed by atoms with Crippen LogP contribution >= 0.6 is 0 Å². The SMILES string of the molecule is COc1ccc2c(c1)C(=O)c1cc(C)ccc1-2.COc1ccc2c(c1)c(=O)[nH]c1cc(C)ccc12.O=c1[nH]c2cc(O)ccc2c2ccc(O)cc12. The summed E-state index contributed by atoms with van der Waals surface area (Å²) in [6, 6.07) is 32.8. The second-order valence-electron chi connectivity index (χ2n) is 12.6.